The predicted molar refractivity (Wildman–Crippen MR) is 94.9 cm³/mol. The molecule has 0 spiro atoms. The van der Waals surface area contributed by atoms with Crippen molar-refractivity contribution in [2.75, 3.05) is 0 Å². The van der Waals surface area contributed by atoms with Crippen LogP contribution in [0.15, 0.2) is 34.9 Å². The molecule has 0 saturated carbocycles. The lowest BCUT2D eigenvalue weighted by atomic mass is 9.95. The first-order valence-electron chi connectivity index (χ1n) is 8.19. The molecule has 0 aliphatic carbocycles. The maximum absolute atomic E-state index is 11.4. The third kappa shape index (κ3) is 10.3. The van der Waals surface area contributed by atoms with E-state index in [1.807, 2.05) is 6.08 Å². The van der Waals surface area contributed by atoms with Crippen molar-refractivity contribution < 1.29 is 9.59 Å². The average molecular weight is 304 g/mol. The van der Waals surface area contributed by atoms with Crippen molar-refractivity contribution in [2.45, 2.75) is 73.6 Å². The fourth-order valence-electron chi connectivity index (χ4n) is 2.28. The summed E-state index contributed by atoms with van der Waals surface area (Å²) in [5.74, 6) is -0.533. The fraction of sp³-hybridized carbons (Fsp3) is 0.600. The molecule has 0 N–H and O–H groups in total. The van der Waals surface area contributed by atoms with E-state index in [1.165, 1.54) is 30.6 Å². The highest BCUT2D eigenvalue weighted by Gasteiger charge is 2.17. The predicted octanol–water partition coefficient (Wildman–Crippen LogP) is 5.59. The Labute approximate surface area is 136 Å². The Morgan fingerprint density at radius 2 is 1.18 bits per heavy atom. The van der Waals surface area contributed by atoms with Gasteiger partial charge in [-0.3, -0.25) is 9.59 Å². The summed E-state index contributed by atoms with van der Waals surface area (Å²) in [6.45, 7) is 11.5. The average Bonchev–Trinajstić information content (AvgIpc) is 2.37. The van der Waals surface area contributed by atoms with Gasteiger partial charge in [0, 0.05) is 0 Å². The molecule has 0 amide bonds. The van der Waals surface area contributed by atoms with Crippen LogP contribution in [0.5, 0.6) is 0 Å². The maximum Gasteiger partial charge on any atom is 0.140 e. The van der Waals surface area contributed by atoms with Gasteiger partial charge >= 0.3 is 0 Å². The van der Waals surface area contributed by atoms with Gasteiger partial charge in [-0.05, 0) is 73.6 Å². The highest BCUT2D eigenvalue weighted by molar-refractivity contribution is 6.00. The summed E-state index contributed by atoms with van der Waals surface area (Å²) in [5, 5.41) is 0. The molecule has 0 aromatic carbocycles. The molecular formula is C20H32O2. The number of rotatable bonds is 10. The van der Waals surface area contributed by atoms with Gasteiger partial charge in [0.25, 0.3) is 0 Å². The van der Waals surface area contributed by atoms with Gasteiger partial charge in [0.2, 0.25) is 0 Å². The molecule has 124 valence electrons. The molecule has 0 aliphatic heterocycles. The van der Waals surface area contributed by atoms with Crippen molar-refractivity contribution in [2.24, 2.45) is 5.92 Å². The lowest BCUT2D eigenvalue weighted by Gasteiger charge is -2.07. The standard InChI is InChI=1S/C20H32O2/c1-15(2)9-7-10-16(3)11-8-12-17(4)13-14-20(18(5)21)19(6)22/h9,11,13,20H,7-8,10,12,14H2,1-6H3/b16-11+,17-13+. The Hall–Kier alpha value is -1.44. The summed E-state index contributed by atoms with van der Waals surface area (Å²) in [6, 6.07) is 0. The molecule has 0 bridgehead atoms. The van der Waals surface area contributed by atoms with Crippen molar-refractivity contribution in [3.05, 3.63) is 34.9 Å². The summed E-state index contributed by atoms with van der Waals surface area (Å²) in [5.41, 5.74) is 4.05. The van der Waals surface area contributed by atoms with E-state index in [0.717, 1.165) is 25.7 Å². The first-order chi connectivity index (χ1) is 10.2. The molecular weight excluding hydrogens is 272 g/mol. The van der Waals surface area contributed by atoms with E-state index in [1.54, 1.807) is 0 Å². The van der Waals surface area contributed by atoms with E-state index in [-0.39, 0.29) is 11.6 Å². The number of carbonyl (C=O) groups is 2. The highest BCUT2D eigenvalue weighted by atomic mass is 16.1. The Morgan fingerprint density at radius 1 is 0.727 bits per heavy atom. The van der Waals surface area contributed by atoms with Crippen LogP contribution in [0.2, 0.25) is 0 Å². The smallest absolute Gasteiger partial charge is 0.140 e. The maximum atomic E-state index is 11.4. The van der Waals surface area contributed by atoms with Crippen LogP contribution >= 0.6 is 0 Å². The topological polar surface area (TPSA) is 34.1 Å². The van der Waals surface area contributed by atoms with Crippen LogP contribution < -0.4 is 0 Å². The third-order valence-corrected chi connectivity index (χ3v) is 3.81. The van der Waals surface area contributed by atoms with Gasteiger partial charge in [-0.1, -0.05) is 34.9 Å². The summed E-state index contributed by atoms with van der Waals surface area (Å²) in [7, 11) is 0. The molecule has 0 heterocycles. The second-order valence-electron chi connectivity index (χ2n) is 6.47. The van der Waals surface area contributed by atoms with Gasteiger partial charge in [-0.2, -0.15) is 0 Å². The van der Waals surface area contributed by atoms with E-state index in [2.05, 4.69) is 39.8 Å². The molecule has 2 heteroatoms. The van der Waals surface area contributed by atoms with Crippen LogP contribution in [-0.4, -0.2) is 11.6 Å². The van der Waals surface area contributed by atoms with Crippen molar-refractivity contribution in [3.8, 4) is 0 Å². The van der Waals surface area contributed by atoms with Gasteiger partial charge in [-0.25, -0.2) is 0 Å². The fourth-order valence-corrected chi connectivity index (χ4v) is 2.28. The van der Waals surface area contributed by atoms with Gasteiger partial charge in [-0.15, -0.1) is 0 Å². The number of hydrogen-bond acceptors (Lipinski definition) is 2. The van der Waals surface area contributed by atoms with Crippen molar-refractivity contribution in [3.63, 3.8) is 0 Å². The Balaban J connectivity index is 4.23. The summed E-state index contributed by atoms with van der Waals surface area (Å²) < 4.78 is 0. The second kappa shape index (κ2) is 11.2. The molecule has 0 aromatic rings. The SMILES string of the molecule is CC(=O)C(C/C=C(\C)CC/C=C(\C)CCC=C(C)C)C(C)=O. The monoisotopic (exact) mass is 304 g/mol. The molecule has 0 saturated heterocycles. The van der Waals surface area contributed by atoms with Crippen LogP contribution in [0.1, 0.15) is 73.6 Å². The first kappa shape index (κ1) is 20.6. The Morgan fingerprint density at radius 3 is 1.64 bits per heavy atom. The minimum Gasteiger partial charge on any atom is -0.299 e. The first-order valence-corrected chi connectivity index (χ1v) is 8.19. The highest BCUT2D eigenvalue weighted by Crippen LogP contribution is 2.14. The zero-order chi connectivity index (χ0) is 17.1. The minimum absolute atomic E-state index is 0.0356. The molecule has 0 rings (SSSR count). The van der Waals surface area contributed by atoms with Crippen LogP contribution in [0.3, 0.4) is 0 Å². The number of Topliss-reactive ketones (excluding diaryl/α,β-unsaturated/α-hetero) is 2. The molecule has 2 nitrogen and oxygen atoms in total. The molecule has 0 radical (unpaired) electrons. The number of allylic oxidation sites excluding steroid dienone is 6. The normalized spacial score (nSPS) is 12.5. The van der Waals surface area contributed by atoms with Crippen LogP contribution in [0, 0.1) is 5.92 Å². The van der Waals surface area contributed by atoms with E-state index in [0.29, 0.717) is 6.42 Å². The molecule has 0 atom stereocenters. The lowest BCUT2D eigenvalue weighted by Crippen LogP contribution is -2.18. The van der Waals surface area contributed by atoms with Crippen LogP contribution in [-0.2, 0) is 9.59 Å². The van der Waals surface area contributed by atoms with Crippen LogP contribution in [0.4, 0.5) is 0 Å². The van der Waals surface area contributed by atoms with Crippen LogP contribution in [0.25, 0.3) is 0 Å². The molecule has 0 aromatic heterocycles. The Bertz CT molecular complexity index is 446. The Kier molecular flexibility index (Phi) is 10.4. The quantitative estimate of drug-likeness (QED) is 0.389. The molecule has 0 fully saturated rings. The van der Waals surface area contributed by atoms with E-state index in [4.69, 9.17) is 0 Å². The molecule has 0 unspecified atom stereocenters. The lowest BCUT2D eigenvalue weighted by molar-refractivity contribution is -0.130. The number of carbonyl (C=O) groups excluding carboxylic acids is 2. The van der Waals surface area contributed by atoms with E-state index < -0.39 is 5.92 Å². The van der Waals surface area contributed by atoms with Gasteiger partial charge in [0.1, 0.15) is 11.6 Å². The number of hydrogen-bond donors (Lipinski definition) is 0. The summed E-state index contributed by atoms with van der Waals surface area (Å²) in [6.07, 6.45) is 11.4. The van der Waals surface area contributed by atoms with Crippen molar-refractivity contribution in [1.82, 2.24) is 0 Å². The van der Waals surface area contributed by atoms with Gasteiger partial charge < -0.3 is 0 Å². The van der Waals surface area contributed by atoms with Gasteiger partial charge in [0.15, 0.2) is 0 Å². The zero-order valence-electron chi connectivity index (χ0n) is 15.2. The number of ketones is 2. The van der Waals surface area contributed by atoms with Gasteiger partial charge in [0.05, 0.1) is 5.92 Å². The third-order valence-electron chi connectivity index (χ3n) is 3.81. The minimum atomic E-state index is -0.462. The molecule has 22 heavy (non-hydrogen) atoms. The zero-order valence-corrected chi connectivity index (χ0v) is 15.2. The summed E-state index contributed by atoms with van der Waals surface area (Å²) in [4.78, 5) is 22.8. The van der Waals surface area contributed by atoms with Crippen molar-refractivity contribution >= 4 is 11.6 Å². The summed E-state index contributed by atoms with van der Waals surface area (Å²) >= 11 is 0. The molecule has 0 aliphatic rings. The van der Waals surface area contributed by atoms with Crippen molar-refractivity contribution in [1.29, 1.82) is 0 Å². The largest absolute Gasteiger partial charge is 0.299 e. The van der Waals surface area contributed by atoms with E-state index in [9.17, 15) is 9.59 Å². The second-order valence-corrected chi connectivity index (χ2v) is 6.47. The van der Waals surface area contributed by atoms with E-state index >= 15 is 0 Å².